The van der Waals surface area contributed by atoms with Crippen molar-refractivity contribution in [2.24, 2.45) is 29.6 Å². The van der Waals surface area contributed by atoms with Gasteiger partial charge in [-0.3, -0.25) is 9.69 Å². The zero-order valence-electron chi connectivity index (χ0n) is 22.6. The smallest absolute Gasteiger partial charge is 0.223 e. The highest BCUT2D eigenvalue weighted by Crippen LogP contribution is 2.44. The van der Waals surface area contributed by atoms with Gasteiger partial charge in [0, 0.05) is 25.0 Å². The van der Waals surface area contributed by atoms with Crippen molar-refractivity contribution >= 4 is 5.91 Å². The third kappa shape index (κ3) is 5.53. The van der Waals surface area contributed by atoms with Gasteiger partial charge in [-0.2, -0.15) is 0 Å². The Hall–Kier alpha value is -2.13. The van der Waals surface area contributed by atoms with Gasteiger partial charge in [-0.1, -0.05) is 99.2 Å². The molecule has 6 rings (SSSR count). The maximum atomic E-state index is 14.0. The van der Waals surface area contributed by atoms with Gasteiger partial charge in [-0.25, -0.2) is 0 Å². The number of rotatable bonds is 7. The monoisotopic (exact) mass is 498 g/mol. The lowest BCUT2D eigenvalue weighted by Gasteiger charge is -2.38. The fourth-order valence-electron chi connectivity index (χ4n) is 8.65. The molecule has 1 amide bonds. The van der Waals surface area contributed by atoms with Crippen molar-refractivity contribution in [3.8, 4) is 0 Å². The Labute approximate surface area is 224 Å². The summed E-state index contributed by atoms with van der Waals surface area (Å²) in [7, 11) is 0. The molecule has 0 spiro atoms. The second kappa shape index (κ2) is 11.7. The summed E-state index contributed by atoms with van der Waals surface area (Å²) < 4.78 is 0. The molecule has 198 valence electrons. The number of nitrogens with zero attached hydrogens (tertiary/aromatic N) is 1. The molecule has 3 nitrogen and oxygen atoms in total. The van der Waals surface area contributed by atoms with E-state index in [1.807, 2.05) is 0 Å². The first kappa shape index (κ1) is 25.2. The van der Waals surface area contributed by atoms with Crippen LogP contribution >= 0.6 is 0 Å². The van der Waals surface area contributed by atoms with Crippen LogP contribution < -0.4 is 5.32 Å². The standard InChI is InChI=1S/C34H46N2O/c37-34(32(25-13-5-1-6-14-25)26-15-7-2-8-16-26)35-31-22-21-29-23-36(24-30(29)31)33(27-17-9-3-10-18-27)28-19-11-4-12-20-28/h3-4,9-12,17-20,25-26,29-33H,1-2,5-8,13-16,21-24H2,(H,35,37)/t29-,30+,31+/m0/s1. The average molecular weight is 499 g/mol. The molecule has 0 radical (unpaired) electrons. The Morgan fingerprint density at radius 2 is 1.22 bits per heavy atom. The normalized spacial score (nSPS) is 27.6. The predicted octanol–water partition coefficient (Wildman–Crippen LogP) is 7.38. The molecule has 0 bridgehead atoms. The molecule has 4 fully saturated rings. The highest BCUT2D eigenvalue weighted by atomic mass is 16.2. The van der Waals surface area contributed by atoms with Gasteiger partial charge < -0.3 is 5.32 Å². The van der Waals surface area contributed by atoms with E-state index in [1.165, 1.54) is 81.8 Å². The molecule has 3 atom stereocenters. The van der Waals surface area contributed by atoms with Gasteiger partial charge in [-0.15, -0.1) is 0 Å². The average Bonchev–Trinajstić information content (AvgIpc) is 3.53. The number of amides is 1. The van der Waals surface area contributed by atoms with Crippen LogP contribution in [0.1, 0.15) is 94.2 Å². The summed E-state index contributed by atoms with van der Waals surface area (Å²) in [6, 6.07) is 22.7. The topological polar surface area (TPSA) is 32.3 Å². The fraction of sp³-hybridized carbons (Fsp3) is 0.618. The molecule has 3 heteroatoms. The van der Waals surface area contributed by atoms with Crippen LogP contribution in [-0.2, 0) is 4.79 Å². The molecule has 37 heavy (non-hydrogen) atoms. The summed E-state index contributed by atoms with van der Waals surface area (Å²) in [4.78, 5) is 16.7. The number of nitrogens with one attached hydrogen (secondary N) is 1. The van der Waals surface area contributed by atoms with Gasteiger partial charge >= 0.3 is 0 Å². The molecular formula is C34H46N2O. The largest absolute Gasteiger partial charge is 0.353 e. The molecule has 0 unspecified atom stereocenters. The number of likely N-dealkylation sites (tertiary alicyclic amines) is 1. The summed E-state index contributed by atoms with van der Waals surface area (Å²) in [5.41, 5.74) is 2.76. The molecule has 1 N–H and O–H groups in total. The predicted molar refractivity (Wildman–Crippen MR) is 151 cm³/mol. The lowest BCUT2D eigenvalue weighted by Crippen LogP contribution is -2.47. The van der Waals surface area contributed by atoms with E-state index < -0.39 is 0 Å². The quantitative estimate of drug-likeness (QED) is 0.432. The van der Waals surface area contributed by atoms with Crippen LogP contribution in [0, 0.1) is 29.6 Å². The van der Waals surface area contributed by atoms with Gasteiger partial charge in [0.15, 0.2) is 0 Å². The van der Waals surface area contributed by atoms with Crippen LogP contribution in [0.15, 0.2) is 60.7 Å². The zero-order valence-corrected chi connectivity index (χ0v) is 22.6. The second-order valence-electron chi connectivity index (χ2n) is 12.6. The van der Waals surface area contributed by atoms with Crippen LogP contribution in [-0.4, -0.2) is 29.9 Å². The van der Waals surface area contributed by atoms with Crippen LogP contribution in [0.25, 0.3) is 0 Å². The number of carbonyl (C=O) groups is 1. The Kier molecular flexibility index (Phi) is 7.97. The lowest BCUT2D eigenvalue weighted by molar-refractivity contribution is -0.131. The Morgan fingerprint density at radius 1 is 0.676 bits per heavy atom. The summed E-state index contributed by atoms with van der Waals surface area (Å²) in [5.74, 6) is 3.20. The van der Waals surface area contributed by atoms with E-state index in [0.29, 0.717) is 41.7 Å². The van der Waals surface area contributed by atoms with Gasteiger partial charge in [0.1, 0.15) is 0 Å². The fourth-order valence-corrected chi connectivity index (χ4v) is 8.65. The Morgan fingerprint density at radius 3 is 1.76 bits per heavy atom. The molecule has 2 aromatic rings. The molecule has 2 aromatic carbocycles. The van der Waals surface area contributed by atoms with Crippen molar-refractivity contribution in [3.63, 3.8) is 0 Å². The first-order chi connectivity index (χ1) is 18.3. The molecule has 3 aliphatic carbocycles. The molecular weight excluding hydrogens is 452 g/mol. The third-order valence-corrected chi connectivity index (χ3v) is 10.4. The minimum absolute atomic E-state index is 0.263. The Balaban J connectivity index is 1.17. The molecule has 1 aliphatic heterocycles. The summed E-state index contributed by atoms with van der Waals surface area (Å²) in [6.07, 6.45) is 15.5. The lowest BCUT2D eigenvalue weighted by atomic mass is 9.69. The van der Waals surface area contributed by atoms with E-state index in [2.05, 4.69) is 70.9 Å². The van der Waals surface area contributed by atoms with Crippen LogP contribution in [0.2, 0.25) is 0 Å². The van der Waals surface area contributed by atoms with Crippen molar-refractivity contribution in [2.45, 2.75) is 89.1 Å². The van der Waals surface area contributed by atoms with Crippen LogP contribution in [0.3, 0.4) is 0 Å². The molecule has 0 aromatic heterocycles. The van der Waals surface area contributed by atoms with E-state index >= 15 is 0 Å². The molecule has 1 saturated heterocycles. The van der Waals surface area contributed by atoms with Crippen molar-refractivity contribution in [1.82, 2.24) is 10.2 Å². The highest BCUT2D eigenvalue weighted by molar-refractivity contribution is 5.79. The van der Waals surface area contributed by atoms with E-state index in [4.69, 9.17) is 0 Å². The van der Waals surface area contributed by atoms with E-state index in [-0.39, 0.29) is 5.92 Å². The van der Waals surface area contributed by atoms with Crippen molar-refractivity contribution in [2.75, 3.05) is 13.1 Å². The molecule has 4 aliphatic rings. The molecule has 1 heterocycles. The van der Waals surface area contributed by atoms with Crippen molar-refractivity contribution in [3.05, 3.63) is 71.8 Å². The minimum Gasteiger partial charge on any atom is -0.353 e. The van der Waals surface area contributed by atoms with Crippen LogP contribution in [0.5, 0.6) is 0 Å². The van der Waals surface area contributed by atoms with E-state index in [9.17, 15) is 4.79 Å². The minimum atomic E-state index is 0.263. The number of fused-ring (bicyclic) bond motifs is 1. The first-order valence-electron chi connectivity index (χ1n) is 15.4. The first-order valence-corrected chi connectivity index (χ1v) is 15.4. The van der Waals surface area contributed by atoms with Crippen molar-refractivity contribution in [1.29, 1.82) is 0 Å². The van der Waals surface area contributed by atoms with Gasteiger partial charge in [0.25, 0.3) is 0 Å². The number of benzene rings is 2. The maximum absolute atomic E-state index is 14.0. The SMILES string of the molecule is O=C(N[C@@H]1CC[C@H]2CN(C(c3ccccc3)c3ccccc3)C[C@H]21)C(C1CCCCC1)C1CCCCC1. The number of carbonyl (C=O) groups excluding carboxylic acids is 1. The van der Waals surface area contributed by atoms with Gasteiger partial charge in [-0.05, 0) is 73.3 Å². The Bertz CT molecular complexity index is 937. The summed E-state index contributed by atoms with van der Waals surface area (Å²) >= 11 is 0. The van der Waals surface area contributed by atoms with E-state index in [1.54, 1.807) is 0 Å². The van der Waals surface area contributed by atoms with Gasteiger partial charge in [0.05, 0.1) is 6.04 Å². The molecule has 3 saturated carbocycles. The summed E-state index contributed by atoms with van der Waals surface area (Å²) in [6.45, 7) is 2.22. The second-order valence-corrected chi connectivity index (χ2v) is 12.6. The van der Waals surface area contributed by atoms with E-state index in [0.717, 1.165) is 19.5 Å². The maximum Gasteiger partial charge on any atom is 0.223 e. The number of hydrogen-bond acceptors (Lipinski definition) is 2. The van der Waals surface area contributed by atoms with Crippen LogP contribution in [0.4, 0.5) is 0 Å². The third-order valence-electron chi connectivity index (χ3n) is 10.4. The zero-order chi connectivity index (χ0) is 25.0. The summed E-state index contributed by atoms with van der Waals surface area (Å²) in [5, 5.41) is 3.72. The highest BCUT2D eigenvalue weighted by Gasteiger charge is 2.46. The number of hydrogen-bond donors (Lipinski definition) is 1. The van der Waals surface area contributed by atoms with Gasteiger partial charge in [0.2, 0.25) is 5.91 Å². The van der Waals surface area contributed by atoms with Crippen molar-refractivity contribution < 1.29 is 4.79 Å².